The zero-order valence-corrected chi connectivity index (χ0v) is 24.3. The molecule has 40 heavy (non-hydrogen) atoms. The number of ether oxygens (including phenoxy) is 3. The summed E-state index contributed by atoms with van der Waals surface area (Å²) < 4.78 is 16.1. The average Bonchev–Trinajstić information content (AvgIpc) is 3.23. The number of hydrogen-bond donors (Lipinski definition) is 1. The minimum absolute atomic E-state index is 0.0150. The first-order chi connectivity index (χ1) is 19.2. The van der Waals surface area contributed by atoms with Crippen molar-refractivity contribution in [2.24, 2.45) is 0 Å². The van der Waals surface area contributed by atoms with Gasteiger partial charge in [0.05, 0.1) is 43.5 Å². The van der Waals surface area contributed by atoms with Crippen LogP contribution in [-0.4, -0.2) is 51.2 Å². The number of Topliss-reactive ketones (excluding diaryl/α,β-unsaturated/α-hetero) is 1. The second-order valence-corrected chi connectivity index (χ2v) is 9.71. The van der Waals surface area contributed by atoms with Crippen LogP contribution < -0.4 is 24.0 Å². The van der Waals surface area contributed by atoms with Gasteiger partial charge in [0.15, 0.2) is 11.5 Å². The van der Waals surface area contributed by atoms with Crippen LogP contribution in [0, 0.1) is 0 Å². The number of nitrogens with zero attached hydrogens (tertiary/aromatic N) is 2. The Labute approximate surface area is 243 Å². The van der Waals surface area contributed by atoms with E-state index < -0.39 is 23.5 Å². The molecule has 0 radical (unpaired) electrons. The molecule has 0 bridgehead atoms. The Kier molecular flexibility index (Phi) is 8.81. The van der Waals surface area contributed by atoms with E-state index in [4.69, 9.17) is 37.4 Å². The molecule has 0 saturated carbocycles. The van der Waals surface area contributed by atoms with Crippen LogP contribution in [0.5, 0.6) is 17.2 Å². The van der Waals surface area contributed by atoms with Crippen LogP contribution in [0.1, 0.15) is 31.0 Å². The van der Waals surface area contributed by atoms with Gasteiger partial charge in [0, 0.05) is 30.5 Å². The fraction of sp³-hybridized carbons (Fsp3) is 0.267. The molecule has 1 heterocycles. The van der Waals surface area contributed by atoms with Crippen LogP contribution in [0.2, 0.25) is 10.0 Å². The van der Waals surface area contributed by atoms with Gasteiger partial charge < -0.3 is 24.2 Å². The first-order valence-corrected chi connectivity index (χ1v) is 13.4. The summed E-state index contributed by atoms with van der Waals surface area (Å²) in [6.45, 7) is 5.76. The van der Waals surface area contributed by atoms with Crippen LogP contribution >= 0.6 is 23.2 Å². The molecule has 3 aromatic rings. The van der Waals surface area contributed by atoms with Crippen molar-refractivity contribution < 1.29 is 28.9 Å². The number of methoxy groups -OCH3 is 3. The molecule has 1 aliphatic rings. The van der Waals surface area contributed by atoms with Gasteiger partial charge in [-0.1, -0.05) is 41.4 Å². The van der Waals surface area contributed by atoms with E-state index in [0.717, 1.165) is 18.8 Å². The number of hydrogen-bond acceptors (Lipinski definition) is 7. The Balaban J connectivity index is 1.99. The predicted molar refractivity (Wildman–Crippen MR) is 157 cm³/mol. The number of anilines is 2. The van der Waals surface area contributed by atoms with E-state index in [1.165, 1.54) is 32.3 Å². The zero-order chi connectivity index (χ0) is 29.1. The van der Waals surface area contributed by atoms with E-state index >= 15 is 0 Å². The van der Waals surface area contributed by atoms with Crippen LogP contribution in [0.4, 0.5) is 11.4 Å². The van der Waals surface area contributed by atoms with E-state index in [2.05, 4.69) is 18.7 Å². The Morgan fingerprint density at radius 2 is 1.57 bits per heavy atom. The first-order valence-electron chi connectivity index (χ1n) is 12.6. The monoisotopic (exact) mass is 584 g/mol. The largest absolute Gasteiger partial charge is 0.507 e. The van der Waals surface area contributed by atoms with Crippen molar-refractivity contribution in [2.45, 2.75) is 19.9 Å². The summed E-state index contributed by atoms with van der Waals surface area (Å²) in [6.07, 6.45) is 0. The second-order valence-electron chi connectivity index (χ2n) is 8.92. The molecule has 0 aliphatic carbocycles. The lowest BCUT2D eigenvalue weighted by molar-refractivity contribution is -0.132. The normalized spacial score (nSPS) is 16.3. The third kappa shape index (κ3) is 5.05. The molecule has 0 aromatic heterocycles. The highest BCUT2D eigenvalue weighted by Gasteiger charge is 2.47. The van der Waals surface area contributed by atoms with E-state index in [9.17, 15) is 14.7 Å². The van der Waals surface area contributed by atoms with Gasteiger partial charge in [-0.3, -0.25) is 14.5 Å². The van der Waals surface area contributed by atoms with Crippen LogP contribution in [0.25, 0.3) is 5.76 Å². The van der Waals surface area contributed by atoms with Crippen molar-refractivity contribution in [2.75, 3.05) is 44.2 Å². The standard InChI is InChI=1S/C30H30Cl2N2O6/c1-6-33(7-2)18-13-11-17(12-14-18)25-23(26(35)21-16-22(31)29(40-5)24(32)28(21)39-4)27(36)30(37)34(25)19-9-8-10-20(15-19)38-3/h8-16,25,35H,6-7H2,1-5H3/b26-23+. The first kappa shape index (κ1) is 29.1. The van der Waals surface area contributed by atoms with E-state index in [1.54, 1.807) is 24.3 Å². The van der Waals surface area contributed by atoms with Crippen molar-refractivity contribution in [3.05, 3.63) is 81.3 Å². The summed E-state index contributed by atoms with van der Waals surface area (Å²) in [4.78, 5) is 30.7. The number of ketones is 1. The fourth-order valence-corrected chi connectivity index (χ4v) is 5.61. The third-order valence-corrected chi connectivity index (χ3v) is 7.53. The van der Waals surface area contributed by atoms with Gasteiger partial charge in [0.1, 0.15) is 16.5 Å². The van der Waals surface area contributed by atoms with Crippen molar-refractivity contribution in [3.63, 3.8) is 0 Å². The Morgan fingerprint density at radius 1 is 0.925 bits per heavy atom. The van der Waals surface area contributed by atoms with E-state index in [1.807, 2.05) is 24.3 Å². The van der Waals surface area contributed by atoms with E-state index in [0.29, 0.717) is 17.0 Å². The van der Waals surface area contributed by atoms with Gasteiger partial charge in [-0.15, -0.1) is 0 Å². The number of rotatable bonds is 9. The number of carbonyl (C=O) groups is 2. The van der Waals surface area contributed by atoms with E-state index in [-0.39, 0.29) is 32.7 Å². The molecular formula is C30H30Cl2N2O6. The maximum atomic E-state index is 13.6. The SMILES string of the molecule is CCN(CC)c1ccc(C2/C(=C(\O)c3cc(Cl)c(OC)c(Cl)c3OC)C(=O)C(=O)N2c2cccc(OC)c2)cc1. The van der Waals surface area contributed by atoms with Crippen molar-refractivity contribution >= 4 is 52.0 Å². The Hall–Kier alpha value is -3.88. The molecule has 1 N–H and O–H groups in total. The van der Waals surface area contributed by atoms with Crippen molar-refractivity contribution in [1.82, 2.24) is 0 Å². The van der Waals surface area contributed by atoms with Gasteiger partial charge in [-0.25, -0.2) is 0 Å². The summed E-state index contributed by atoms with van der Waals surface area (Å²) >= 11 is 12.9. The fourth-order valence-electron chi connectivity index (χ4n) is 4.92. The van der Waals surface area contributed by atoms with Crippen molar-refractivity contribution in [3.8, 4) is 17.2 Å². The number of halogens is 2. The number of aliphatic hydroxyl groups excluding tert-OH is 1. The molecule has 210 valence electrons. The predicted octanol–water partition coefficient (Wildman–Crippen LogP) is 6.49. The molecule has 1 aliphatic heterocycles. The highest BCUT2D eigenvalue weighted by Crippen LogP contribution is 2.48. The van der Waals surface area contributed by atoms with Gasteiger partial charge >= 0.3 is 0 Å². The third-order valence-electron chi connectivity index (χ3n) is 6.91. The maximum absolute atomic E-state index is 13.6. The van der Waals surface area contributed by atoms with Gasteiger partial charge in [-0.2, -0.15) is 0 Å². The minimum Gasteiger partial charge on any atom is -0.507 e. The second kappa shape index (κ2) is 12.1. The highest BCUT2D eigenvalue weighted by atomic mass is 35.5. The summed E-state index contributed by atoms with van der Waals surface area (Å²) in [7, 11) is 4.28. The summed E-state index contributed by atoms with van der Waals surface area (Å²) in [6, 6.07) is 14.8. The van der Waals surface area contributed by atoms with Crippen LogP contribution in [-0.2, 0) is 9.59 Å². The van der Waals surface area contributed by atoms with Gasteiger partial charge in [0.25, 0.3) is 11.7 Å². The van der Waals surface area contributed by atoms with Gasteiger partial charge in [-0.05, 0) is 49.7 Å². The lowest BCUT2D eigenvalue weighted by atomic mass is 9.94. The minimum atomic E-state index is -0.970. The average molecular weight is 585 g/mol. The number of carbonyl (C=O) groups excluding carboxylic acids is 2. The summed E-state index contributed by atoms with van der Waals surface area (Å²) in [5.74, 6) is -1.46. The summed E-state index contributed by atoms with van der Waals surface area (Å²) in [5, 5.41) is 11.8. The molecule has 4 rings (SSSR count). The van der Waals surface area contributed by atoms with Crippen molar-refractivity contribution in [1.29, 1.82) is 0 Å². The number of amides is 1. The molecule has 3 aromatic carbocycles. The molecule has 1 saturated heterocycles. The quantitative estimate of drug-likeness (QED) is 0.174. The Morgan fingerprint density at radius 3 is 2.15 bits per heavy atom. The van der Waals surface area contributed by atoms with Crippen LogP contribution in [0.3, 0.4) is 0 Å². The molecule has 8 nitrogen and oxygen atoms in total. The molecule has 1 fully saturated rings. The number of aliphatic hydroxyl groups is 1. The molecule has 0 spiro atoms. The number of benzene rings is 3. The highest BCUT2D eigenvalue weighted by molar-refractivity contribution is 6.52. The lowest BCUT2D eigenvalue weighted by Gasteiger charge is -2.27. The molecule has 1 atom stereocenters. The maximum Gasteiger partial charge on any atom is 0.300 e. The molecule has 10 heteroatoms. The Bertz CT molecular complexity index is 1470. The van der Waals surface area contributed by atoms with Gasteiger partial charge in [0.2, 0.25) is 0 Å². The summed E-state index contributed by atoms with van der Waals surface area (Å²) in [5.41, 5.74) is 1.94. The smallest absolute Gasteiger partial charge is 0.300 e. The molecule has 1 amide bonds. The molecule has 1 unspecified atom stereocenters. The molecular weight excluding hydrogens is 555 g/mol. The lowest BCUT2D eigenvalue weighted by Crippen LogP contribution is -2.29. The van der Waals surface area contributed by atoms with Crippen LogP contribution in [0.15, 0.2) is 60.2 Å². The topological polar surface area (TPSA) is 88.5 Å². The zero-order valence-electron chi connectivity index (χ0n) is 22.8.